The van der Waals surface area contributed by atoms with Gasteiger partial charge >= 0.3 is 11.9 Å². The summed E-state index contributed by atoms with van der Waals surface area (Å²) < 4.78 is 0. The van der Waals surface area contributed by atoms with E-state index in [1.807, 2.05) is 0 Å². The molecule has 0 spiro atoms. The average Bonchev–Trinajstić information content (AvgIpc) is 2.58. The van der Waals surface area contributed by atoms with E-state index >= 15 is 0 Å². The first-order valence-corrected chi connectivity index (χ1v) is 10.1. The quantitative estimate of drug-likeness (QED) is 0.302. The molecule has 3 N–H and O–H groups in total. The summed E-state index contributed by atoms with van der Waals surface area (Å²) in [5.74, 6) is -1.84. The lowest BCUT2D eigenvalue weighted by Crippen LogP contribution is -1.98. The Morgan fingerprint density at radius 3 is 1.08 bits per heavy atom. The summed E-state index contributed by atoms with van der Waals surface area (Å²) in [6.07, 6.45) is 20.2. The smallest absolute Gasteiger partial charge is 0.329 e. The topological polar surface area (TPSA) is 94.8 Å². The van der Waals surface area contributed by atoms with Crippen molar-refractivity contribution in [3.8, 4) is 0 Å². The fourth-order valence-electron chi connectivity index (χ4n) is 2.65. The number of aliphatic hydroxyl groups excluding tert-OH is 1. The van der Waals surface area contributed by atoms with E-state index in [-0.39, 0.29) is 0 Å². The van der Waals surface area contributed by atoms with Crippen LogP contribution in [0.1, 0.15) is 110 Å². The summed E-state index contributed by atoms with van der Waals surface area (Å²) in [6.45, 7) is 1.49. The summed E-state index contributed by atoms with van der Waals surface area (Å²) in [6, 6.07) is 0. The van der Waals surface area contributed by atoms with Crippen molar-refractivity contribution >= 4 is 11.9 Å². The molecule has 0 aliphatic heterocycles. The van der Waals surface area contributed by atoms with Gasteiger partial charge in [-0.2, -0.15) is 0 Å². The summed E-state index contributed by atoms with van der Waals surface area (Å²) >= 11 is 0. The fourth-order valence-corrected chi connectivity index (χ4v) is 2.65. The van der Waals surface area contributed by atoms with E-state index in [1.54, 1.807) is 0 Å². The number of unbranched alkanes of at least 4 members (excludes halogenated alkanes) is 14. The number of carbonyl (C=O) groups is 2. The molecule has 0 aromatic carbocycles. The first kappa shape index (κ1) is 26.1. The van der Waals surface area contributed by atoms with Gasteiger partial charge in [-0.05, 0) is 6.42 Å². The summed E-state index contributed by atoms with van der Waals surface area (Å²) in [4.78, 5) is 19.5. The molecule has 0 atom stereocenters. The Morgan fingerprint density at radius 1 is 0.560 bits per heavy atom. The Kier molecular flexibility index (Phi) is 23.9. The number of aliphatic carboxylic acids is 2. The highest BCUT2D eigenvalue weighted by atomic mass is 16.4. The van der Waals surface area contributed by atoms with E-state index in [0.717, 1.165) is 12.8 Å². The zero-order valence-electron chi connectivity index (χ0n) is 16.2. The van der Waals surface area contributed by atoms with Gasteiger partial charge in [-0.15, -0.1) is 0 Å². The molecule has 0 aromatic heterocycles. The summed E-state index contributed by atoms with van der Waals surface area (Å²) in [5.41, 5.74) is 0. The fraction of sp³-hybridized carbons (Fsp3) is 0.900. The van der Waals surface area contributed by atoms with Crippen molar-refractivity contribution in [2.45, 2.75) is 110 Å². The minimum atomic E-state index is -1.19. The SMILES string of the molecule is CCCCCCCCCCCCCCCCCC(=O)O.O=C(O)CO. The molecule has 0 radical (unpaired) electrons. The maximum Gasteiger partial charge on any atom is 0.329 e. The molecule has 5 nitrogen and oxygen atoms in total. The van der Waals surface area contributed by atoms with Gasteiger partial charge in [-0.3, -0.25) is 4.79 Å². The van der Waals surface area contributed by atoms with Crippen LogP contribution in [0.4, 0.5) is 0 Å². The van der Waals surface area contributed by atoms with Gasteiger partial charge in [0, 0.05) is 6.42 Å². The van der Waals surface area contributed by atoms with Crippen LogP contribution in [0.2, 0.25) is 0 Å². The number of aliphatic hydroxyl groups is 1. The van der Waals surface area contributed by atoms with Crippen LogP contribution in [0.15, 0.2) is 0 Å². The lowest BCUT2D eigenvalue weighted by atomic mass is 10.0. The third-order valence-corrected chi connectivity index (χ3v) is 4.13. The molecule has 5 heteroatoms. The Bertz CT molecular complexity index is 292. The average molecular weight is 361 g/mol. The molecule has 0 fully saturated rings. The van der Waals surface area contributed by atoms with Gasteiger partial charge in [0.1, 0.15) is 6.61 Å². The van der Waals surface area contributed by atoms with Crippen LogP contribution in [-0.2, 0) is 9.59 Å². The number of carboxylic acid groups (broad SMARTS) is 2. The van der Waals surface area contributed by atoms with Crippen LogP contribution >= 0.6 is 0 Å². The molecule has 0 aliphatic carbocycles. The molecule has 0 heterocycles. The second kappa shape index (κ2) is 22.9. The Morgan fingerprint density at radius 2 is 0.840 bits per heavy atom. The van der Waals surface area contributed by atoms with E-state index < -0.39 is 18.5 Å². The van der Waals surface area contributed by atoms with Crippen LogP contribution in [-0.4, -0.2) is 33.9 Å². The van der Waals surface area contributed by atoms with E-state index in [0.29, 0.717) is 6.42 Å². The Balaban J connectivity index is 0. The minimum absolute atomic E-state index is 0.345. The van der Waals surface area contributed by atoms with E-state index in [2.05, 4.69) is 6.92 Å². The Labute approximate surface area is 153 Å². The normalized spacial score (nSPS) is 10.2. The van der Waals surface area contributed by atoms with Crippen molar-refractivity contribution < 1.29 is 24.9 Å². The van der Waals surface area contributed by atoms with Crippen molar-refractivity contribution in [2.75, 3.05) is 6.61 Å². The van der Waals surface area contributed by atoms with Crippen LogP contribution in [0.3, 0.4) is 0 Å². The highest BCUT2D eigenvalue weighted by Crippen LogP contribution is 2.13. The molecule has 0 aromatic rings. The zero-order valence-corrected chi connectivity index (χ0v) is 16.2. The zero-order chi connectivity index (χ0) is 19.2. The van der Waals surface area contributed by atoms with Gasteiger partial charge in [0.2, 0.25) is 0 Å². The number of hydrogen-bond acceptors (Lipinski definition) is 3. The second-order valence-electron chi connectivity index (χ2n) is 6.65. The predicted molar refractivity (Wildman–Crippen MR) is 102 cm³/mol. The van der Waals surface area contributed by atoms with Gasteiger partial charge in [-0.25, -0.2) is 4.79 Å². The molecule has 150 valence electrons. The third-order valence-electron chi connectivity index (χ3n) is 4.13. The molecular weight excluding hydrogens is 320 g/mol. The van der Waals surface area contributed by atoms with Gasteiger partial charge in [-0.1, -0.05) is 96.8 Å². The van der Waals surface area contributed by atoms with E-state index in [4.69, 9.17) is 20.1 Å². The molecule has 0 saturated heterocycles. The minimum Gasteiger partial charge on any atom is -0.481 e. The van der Waals surface area contributed by atoms with Crippen molar-refractivity contribution in [1.29, 1.82) is 0 Å². The molecule has 25 heavy (non-hydrogen) atoms. The largest absolute Gasteiger partial charge is 0.481 e. The highest BCUT2D eigenvalue weighted by molar-refractivity contribution is 5.67. The van der Waals surface area contributed by atoms with Crippen molar-refractivity contribution in [2.24, 2.45) is 0 Å². The standard InChI is InChI=1S/C18H36O2.C2H4O3/c1-2-3-4-5-6-7-8-9-10-11-12-13-14-15-16-17-18(19)20;3-1-2(4)5/h2-17H2,1H3,(H,19,20);3H,1H2,(H,4,5). The molecule has 0 unspecified atom stereocenters. The number of carboxylic acids is 2. The van der Waals surface area contributed by atoms with Crippen LogP contribution < -0.4 is 0 Å². The van der Waals surface area contributed by atoms with Crippen LogP contribution in [0, 0.1) is 0 Å². The van der Waals surface area contributed by atoms with Crippen molar-refractivity contribution in [3.05, 3.63) is 0 Å². The second-order valence-corrected chi connectivity index (χ2v) is 6.65. The van der Waals surface area contributed by atoms with Crippen LogP contribution in [0.25, 0.3) is 0 Å². The molecule has 0 aliphatic rings. The van der Waals surface area contributed by atoms with Crippen LogP contribution in [0.5, 0.6) is 0 Å². The number of hydrogen-bond donors (Lipinski definition) is 3. The summed E-state index contributed by atoms with van der Waals surface area (Å²) in [7, 11) is 0. The molecule has 0 saturated carbocycles. The first-order chi connectivity index (χ1) is 12.0. The highest BCUT2D eigenvalue weighted by Gasteiger charge is 1.97. The summed E-state index contributed by atoms with van der Waals surface area (Å²) in [5, 5.41) is 23.5. The van der Waals surface area contributed by atoms with Gasteiger partial charge in [0.25, 0.3) is 0 Å². The van der Waals surface area contributed by atoms with E-state index in [1.165, 1.54) is 83.5 Å². The van der Waals surface area contributed by atoms with Gasteiger partial charge in [0.15, 0.2) is 0 Å². The van der Waals surface area contributed by atoms with Crippen molar-refractivity contribution in [1.82, 2.24) is 0 Å². The Hall–Kier alpha value is -1.10. The molecule has 0 amide bonds. The number of rotatable bonds is 17. The van der Waals surface area contributed by atoms with E-state index in [9.17, 15) is 4.79 Å². The third kappa shape index (κ3) is 31.2. The van der Waals surface area contributed by atoms with Gasteiger partial charge in [0.05, 0.1) is 0 Å². The molecule has 0 rings (SSSR count). The molecular formula is C20H40O5. The predicted octanol–water partition coefficient (Wildman–Crippen LogP) is 5.40. The van der Waals surface area contributed by atoms with Gasteiger partial charge < -0.3 is 15.3 Å². The lowest BCUT2D eigenvalue weighted by molar-refractivity contribution is -0.140. The maximum atomic E-state index is 10.3. The maximum absolute atomic E-state index is 10.3. The van der Waals surface area contributed by atoms with Crippen molar-refractivity contribution in [3.63, 3.8) is 0 Å². The lowest BCUT2D eigenvalue weighted by Gasteiger charge is -2.03. The first-order valence-electron chi connectivity index (χ1n) is 10.1. The monoisotopic (exact) mass is 360 g/mol. The molecule has 0 bridgehead atoms.